The maximum absolute atomic E-state index is 12.4. The van der Waals surface area contributed by atoms with Crippen LogP contribution >= 0.6 is 0 Å². The van der Waals surface area contributed by atoms with E-state index in [4.69, 9.17) is 0 Å². The van der Waals surface area contributed by atoms with Crippen LogP contribution in [0, 0.1) is 40.4 Å². The average molecular weight is 488 g/mol. The van der Waals surface area contributed by atoms with Gasteiger partial charge >= 0.3 is 0 Å². The average Bonchev–Trinajstić information content (AvgIpc) is 3.12. The molecule has 1 N–H and O–H groups in total. The number of Topliss-reactive ketones (excluding diaryl/α,β-unsaturated/α-hetero) is 1. The molecule has 4 fully saturated rings. The van der Waals surface area contributed by atoms with Gasteiger partial charge in [-0.1, -0.05) is 46.0 Å². The predicted molar refractivity (Wildman–Crippen MR) is 142 cm³/mol. The molecule has 3 unspecified atom stereocenters. The van der Waals surface area contributed by atoms with Crippen LogP contribution in [-0.4, -0.2) is 40.9 Å². The minimum atomic E-state index is -0.120. The van der Waals surface area contributed by atoms with E-state index >= 15 is 0 Å². The van der Waals surface area contributed by atoms with Gasteiger partial charge in [0.2, 0.25) is 5.91 Å². The third kappa shape index (κ3) is 5.25. The number of aliphatic hydroxyl groups is 1. The van der Waals surface area contributed by atoms with E-state index in [1.54, 1.807) is 0 Å². The minimum Gasteiger partial charge on any atom is -0.393 e. The van der Waals surface area contributed by atoms with Crippen LogP contribution in [0.2, 0.25) is 0 Å². The highest BCUT2D eigenvalue weighted by Gasteiger charge is 2.62. The molecule has 4 rings (SSSR count). The summed E-state index contributed by atoms with van der Waals surface area (Å²) >= 11 is 0. The summed E-state index contributed by atoms with van der Waals surface area (Å²) in [4.78, 5) is 26.5. The molecule has 4 aliphatic rings. The SMILES string of the molecule is CC(C)N(C)C(=O)CCCCCCCC1CC2CC(=O)CC[C@]2(C)[C@@H]2CC[C@]3(C)C(O)CC[C@H]3[C@H]12. The normalized spacial score (nSPS) is 40.8. The first kappa shape index (κ1) is 27.1. The van der Waals surface area contributed by atoms with Gasteiger partial charge in [0.25, 0.3) is 0 Å². The highest BCUT2D eigenvalue weighted by atomic mass is 16.3. The summed E-state index contributed by atoms with van der Waals surface area (Å²) < 4.78 is 0. The monoisotopic (exact) mass is 487 g/mol. The molecule has 8 atom stereocenters. The summed E-state index contributed by atoms with van der Waals surface area (Å²) in [5.41, 5.74) is 0.447. The quantitative estimate of drug-likeness (QED) is 0.365. The summed E-state index contributed by atoms with van der Waals surface area (Å²) in [6.45, 7) is 9.06. The molecule has 4 nitrogen and oxygen atoms in total. The van der Waals surface area contributed by atoms with Gasteiger partial charge in [-0.05, 0) is 99.2 Å². The van der Waals surface area contributed by atoms with E-state index in [9.17, 15) is 14.7 Å². The smallest absolute Gasteiger partial charge is 0.222 e. The molecule has 1 amide bonds. The predicted octanol–water partition coefficient (Wildman–Crippen LogP) is 6.78. The lowest BCUT2D eigenvalue weighted by atomic mass is 9.42. The molecule has 0 spiro atoms. The fraction of sp³-hybridized carbons (Fsp3) is 0.935. The van der Waals surface area contributed by atoms with Gasteiger partial charge in [-0.15, -0.1) is 0 Å². The third-order valence-electron chi connectivity index (χ3n) is 11.7. The first-order chi connectivity index (χ1) is 16.6. The zero-order valence-corrected chi connectivity index (χ0v) is 23.4. The van der Waals surface area contributed by atoms with E-state index < -0.39 is 0 Å². The number of fused-ring (bicyclic) bond motifs is 5. The largest absolute Gasteiger partial charge is 0.393 e. The van der Waals surface area contributed by atoms with Crippen LogP contribution in [0.5, 0.6) is 0 Å². The summed E-state index contributed by atoms with van der Waals surface area (Å²) in [5.74, 6) is 4.23. The van der Waals surface area contributed by atoms with Crippen molar-refractivity contribution in [3.63, 3.8) is 0 Å². The molecule has 35 heavy (non-hydrogen) atoms. The maximum atomic E-state index is 12.4. The Morgan fingerprint density at radius 1 is 1.00 bits per heavy atom. The number of ketones is 1. The van der Waals surface area contributed by atoms with Crippen molar-refractivity contribution in [3.8, 4) is 0 Å². The fourth-order valence-electron chi connectivity index (χ4n) is 9.17. The fourth-order valence-corrected chi connectivity index (χ4v) is 9.17. The second-order valence-electron chi connectivity index (χ2n) is 13.8. The molecule has 4 saturated carbocycles. The first-order valence-electron chi connectivity index (χ1n) is 15.0. The van der Waals surface area contributed by atoms with E-state index in [0.29, 0.717) is 29.5 Å². The van der Waals surface area contributed by atoms with Crippen LogP contribution in [-0.2, 0) is 9.59 Å². The van der Waals surface area contributed by atoms with Crippen LogP contribution in [0.15, 0.2) is 0 Å². The van der Waals surface area contributed by atoms with Gasteiger partial charge in [0.05, 0.1) is 6.10 Å². The van der Waals surface area contributed by atoms with Crippen molar-refractivity contribution >= 4 is 11.7 Å². The Hall–Kier alpha value is -0.900. The van der Waals surface area contributed by atoms with Crippen molar-refractivity contribution in [1.29, 1.82) is 0 Å². The molecule has 4 heteroatoms. The van der Waals surface area contributed by atoms with Crippen molar-refractivity contribution in [3.05, 3.63) is 0 Å². The molecule has 0 heterocycles. The number of nitrogens with zero attached hydrogens (tertiary/aromatic N) is 1. The Labute approximate surface area is 215 Å². The van der Waals surface area contributed by atoms with E-state index in [-0.39, 0.29) is 23.5 Å². The summed E-state index contributed by atoms with van der Waals surface area (Å²) in [7, 11) is 1.91. The van der Waals surface area contributed by atoms with Gasteiger partial charge in [-0.25, -0.2) is 0 Å². The van der Waals surface area contributed by atoms with Crippen molar-refractivity contribution < 1.29 is 14.7 Å². The minimum absolute atomic E-state index is 0.114. The van der Waals surface area contributed by atoms with Crippen LogP contribution in [0.1, 0.15) is 124 Å². The Morgan fingerprint density at radius 2 is 1.69 bits per heavy atom. The number of amides is 1. The van der Waals surface area contributed by atoms with Gasteiger partial charge in [0.15, 0.2) is 0 Å². The molecule has 0 radical (unpaired) electrons. The molecule has 0 aromatic rings. The number of unbranched alkanes of at least 4 members (excludes halogenated alkanes) is 4. The molecule has 0 aromatic carbocycles. The number of aliphatic hydroxyl groups excluding tert-OH is 1. The highest BCUT2D eigenvalue weighted by molar-refractivity contribution is 5.79. The Morgan fingerprint density at radius 3 is 2.43 bits per heavy atom. The topological polar surface area (TPSA) is 57.6 Å². The summed E-state index contributed by atoms with van der Waals surface area (Å²) in [6.07, 6.45) is 16.3. The zero-order valence-electron chi connectivity index (χ0n) is 23.4. The number of rotatable bonds is 9. The second-order valence-corrected chi connectivity index (χ2v) is 13.8. The second kappa shape index (κ2) is 10.8. The van der Waals surface area contributed by atoms with E-state index in [1.165, 1.54) is 51.4 Å². The lowest BCUT2D eigenvalue weighted by Gasteiger charge is -2.62. The molecule has 0 bridgehead atoms. The highest BCUT2D eigenvalue weighted by Crippen LogP contribution is 2.67. The van der Waals surface area contributed by atoms with E-state index in [0.717, 1.165) is 56.3 Å². The van der Waals surface area contributed by atoms with Crippen LogP contribution in [0.25, 0.3) is 0 Å². The molecule has 0 saturated heterocycles. The molecular weight excluding hydrogens is 434 g/mol. The lowest BCUT2D eigenvalue weighted by Crippen LogP contribution is -2.57. The molecule has 200 valence electrons. The summed E-state index contributed by atoms with van der Waals surface area (Å²) in [5, 5.41) is 10.9. The number of carbonyl (C=O) groups is 2. The van der Waals surface area contributed by atoms with E-state index in [1.807, 2.05) is 11.9 Å². The van der Waals surface area contributed by atoms with Crippen molar-refractivity contribution in [1.82, 2.24) is 4.90 Å². The van der Waals surface area contributed by atoms with Crippen LogP contribution in [0.4, 0.5) is 0 Å². The van der Waals surface area contributed by atoms with E-state index in [2.05, 4.69) is 27.7 Å². The van der Waals surface area contributed by atoms with Crippen LogP contribution in [0.3, 0.4) is 0 Å². The number of hydrogen-bond donors (Lipinski definition) is 1. The van der Waals surface area contributed by atoms with Gasteiger partial charge in [0, 0.05) is 32.4 Å². The molecular formula is C31H53NO3. The Bertz CT molecular complexity index is 764. The van der Waals surface area contributed by atoms with Crippen LogP contribution < -0.4 is 0 Å². The van der Waals surface area contributed by atoms with Crippen molar-refractivity contribution in [2.75, 3.05) is 7.05 Å². The number of hydrogen-bond acceptors (Lipinski definition) is 3. The first-order valence-corrected chi connectivity index (χ1v) is 15.0. The standard InChI is InChI=1S/C31H53NO3/c1-21(2)32(5)28(35)12-10-8-6-7-9-11-22-19-23-20-24(33)15-17-30(23,3)26-16-18-31(4)25(29(22)26)13-14-27(31)34/h21-23,25-27,29,34H,6-20H2,1-5H3/t22?,23?,25-,26+,27?,29-,30-,31-/m0/s1. The molecule has 0 aromatic heterocycles. The van der Waals surface area contributed by atoms with Crippen molar-refractivity contribution in [2.45, 2.75) is 136 Å². The van der Waals surface area contributed by atoms with Gasteiger partial charge in [-0.2, -0.15) is 0 Å². The molecule has 0 aliphatic heterocycles. The lowest BCUT2D eigenvalue weighted by molar-refractivity contribution is -0.156. The van der Waals surface area contributed by atoms with Gasteiger partial charge < -0.3 is 10.0 Å². The summed E-state index contributed by atoms with van der Waals surface area (Å²) in [6, 6.07) is 0.283. The Kier molecular flexibility index (Phi) is 8.40. The third-order valence-corrected chi connectivity index (χ3v) is 11.7. The zero-order chi connectivity index (χ0) is 25.4. The maximum Gasteiger partial charge on any atom is 0.222 e. The van der Waals surface area contributed by atoms with Gasteiger partial charge in [0.1, 0.15) is 5.78 Å². The number of carbonyl (C=O) groups excluding carboxylic acids is 2. The van der Waals surface area contributed by atoms with Crippen molar-refractivity contribution in [2.24, 2.45) is 40.4 Å². The Balaban J connectivity index is 1.34. The molecule has 4 aliphatic carbocycles. The van der Waals surface area contributed by atoms with Gasteiger partial charge in [-0.3, -0.25) is 9.59 Å².